The van der Waals surface area contributed by atoms with Crippen molar-refractivity contribution in [1.29, 1.82) is 0 Å². The minimum atomic E-state index is 0.923. The Kier molecular flexibility index (Phi) is 2.51. The second kappa shape index (κ2) is 4.93. The first-order valence-corrected chi connectivity index (χ1v) is 9.42. The van der Waals surface area contributed by atoms with Gasteiger partial charge in [-0.25, -0.2) is 9.97 Å². The standard InChI is InChI=1S/C24H14N4/c1-2-5-16-14(4-1)10-15-11-21-22(12-19(15)16)28-23-17(6-3-8-26-23)20-13-25-9-7-18(20)24(28)27-21/h1-9,11-13H,10H2. The number of hydrogen-bond donors (Lipinski definition) is 0. The molecule has 7 rings (SSSR count). The molecule has 0 bridgehead atoms. The second-order valence-corrected chi connectivity index (χ2v) is 7.40. The van der Waals surface area contributed by atoms with Gasteiger partial charge in [-0.3, -0.25) is 9.38 Å². The molecular weight excluding hydrogens is 344 g/mol. The first kappa shape index (κ1) is 14.3. The van der Waals surface area contributed by atoms with Crippen molar-refractivity contribution in [2.45, 2.75) is 6.42 Å². The highest BCUT2D eigenvalue weighted by atomic mass is 15.1. The van der Waals surface area contributed by atoms with E-state index in [0.29, 0.717) is 0 Å². The summed E-state index contributed by atoms with van der Waals surface area (Å²) < 4.78 is 2.20. The quantitative estimate of drug-likeness (QED) is 0.352. The van der Waals surface area contributed by atoms with E-state index in [9.17, 15) is 0 Å². The van der Waals surface area contributed by atoms with Crippen LogP contribution in [-0.4, -0.2) is 19.4 Å². The van der Waals surface area contributed by atoms with Crippen molar-refractivity contribution in [3.05, 3.63) is 84.3 Å². The van der Waals surface area contributed by atoms with Crippen molar-refractivity contribution in [1.82, 2.24) is 19.4 Å². The van der Waals surface area contributed by atoms with Crippen molar-refractivity contribution in [2.24, 2.45) is 0 Å². The van der Waals surface area contributed by atoms with E-state index in [0.717, 1.165) is 44.9 Å². The highest BCUT2D eigenvalue weighted by molar-refractivity contribution is 6.12. The molecular formula is C24H14N4. The summed E-state index contributed by atoms with van der Waals surface area (Å²) in [5.41, 5.74) is 9.36. The SMILES string of the molecule is c1ccc2c(c1)Cc1cc3nc4c5ccncc5c5cccnc5n4c3cc1-2. The lowest BCUT2D eigenvalue weighted by Crippen LogP contribution is -1.94. The Morgan fingerprint density at radius 2 is 1.68 bits per heavy atom. The van der Waals surface area contributed by atoms with Crippen LogP contribution in [0.25, 0.3) is 49.6 Å². The molecule has 6 aromatic rings. The lowest BCUT2D eigenvalue weighted by atomic mass is 10.1. The molecule has 4 nitrogen and oxygen atoms in total. The number of imidazole rings is 1. The molecule has 0 amide bonds. The minimum absolute atomic E-state index is 0.923. The molecule has 0 spiro atoms. The summed E-state index contributed by atoms with van der Waals surface area (Å²) in [7, 11) is 0. The van der Waals surface area contributed by atoms with Crippen LogP contribution in [-0.2, 0) is 6.42 Å². The molecule has 2 aromatic carbocycles. The lowest BCUT2D eigenvalue weighted by molar-refractivity contribution is 1.23. The van der Waals surface area contributed by atoms with E-state index in [1.54, 1.807) is 0 Å². The largest absolute Gasteiger partial charge is 0.276 e. The van der Waals surface area contributed by atoms with Crippen molar-refractivity contribution in [3.8, 4) is 11.1 Å². The van der Waals surface area contributed by atoms with Gasteiger partial charge in [-0.2, -0.15) is 0 Å². The second-order valence-electron chi connectivity index (χ2n) is 7.40. The number of pyridine rings is 3. The van der Waals surface area contributed by atoms with E-state index in [2.05, 4.69) is 51.8 Å². The van der Waals surface area contributed by atoms with Crippen molar-refractivity contribution >= 4 is 38.5 Å². The van der Waals surface area contributed by atoms with Crippen LogP contribution < -0.4 is 0 Å². The number of aromatic nitrogens is 4. The van der Waals surface area contributed by atoms with Crippen LogP contribution >= 0.6 is 0 Å². The topological polar surface area (TPSA) is 43.1 Å². The zero-order valence-corrected chi connectivity index (χ0v) is 14.9. The third-order valence-electron chi connectivity index (χ3n) is 5.92. The van der Waals surface area contributed by atoms with Crippen molar-refractivity contribution < 1.29 is 0 Å². The fourth-order valence-electron chi connectivity index (χ4n) is 4.69. The molecule has 0 radical (unpaired) electrons. The van der Waals surface area contributed by atoms with Crippen LogP contribution in [0.1, 0.15) is 11.1 Å². The monoisotopic (exact) mass is 358 g/mol. The van der Waals surface area contributed by atoms with Gasteiger partial charge in [-0.1, -0.05) is 24.3 Å². The molecule has 130 valence electrons. The number of hydrogen-bond acceptors (Lipinski definition) is 3. The van der Waals surface area contributed by atoms with E-state index in [4.69, 9.17) is 9.97 Å². The third-order valence-corrected chi connectivity index (χ3v) is 5.92. The maximum Gasteiger partial charge on any atom is 0.147 e. The third kappa shape index (κ3) is 1.68. The van der Waals surface area contributed by atoms with E-state index in [1.165, 1.54) is 22.3 Å². The van der Waals surface area contributed by atoms with E-state index < -0.39 is 0 Å². The lowest BCUT2D eigenvalue weighted by Gasteiger charge is -2.07. The highest BCUT2D eigenvalue weighted by Crippen LogP contribution is 2.40. The molecule has 28 heavy (non-hydrogen) atoms. The highest BCUT2D eigenvalue weighted by Gasteiger charge is 2.21. The van der Waals surface area contributed by atoms with Gasteiger partial charge in [0.1, 0.15) is 11.3 Å². The maximum absolute atomic E-state index is 5.03. The Hall–Kier alpha value is -3.79. The molecule has 4 aromatic heterocycles. The smallest absolute Gasteiger partial charge is 0.147 e. The average molecular weight is 358 g/mol. The molecule has 0 N–H and O–H groups in total. The molecule has 0 aliphatic heterocycles. The van der Waals surface area contributed by atoms with Crippen LogP contribution in [0.2, 0.25) is 0 Å². The van der Waals surface area contributed by atoms with Crippen LogP contribution in [0, 0.1) is 0 Å². The van der Waals surface area contributed by atoms with Gasteiger partial charge in [0.25, 0.3) is 0 Å². The van der Waals surface area contributed by atoms with E-state index in [-0.39, 0.29) is 0 Å². The van der Waals surface area contributed by atoms with Gasteiger partial charge in [0, 0.05) is 34.7 Å². The summed E-state index contributed by atoms with van der Waals surface area (Å²) in [6, 6.07) is 19.3. The molecule has 0 saturated heterocycles. The minimum Gasteiger partial charge on any atom is -0.276 e. The molecule has 4 heteroatoms. The predicted molar refractivity (Wildman–Crippen MR) is 112 cm³/mol. The van der Waals surface area contributed by atoms with Gasteiger partial charge in [0.15, 0.2) is 0 Å². The van der Waals surface area contributed by atoms with Crippen LogP contribution in [0.5, 0.6) is 0 Å². The van der Waals surface area contributed by atoms with E-state index in [1.807, 2.05) is 30.7 Å². The molecule has 0 fully saturated rings. The Labute approximate surface area is 160 Å². The predicted octanol–water partition coefficient (Wildman–Crippen LogP) is 5.16. The Morgan fingerprint density at radius 1 is 0.750 bits per heavy atom. The summed E-state index contributed by atoms with van der Waals surface area (Å²) in [4.78, 5) is 14.1. The zero-order valence-electron chi connectivity index (χ0n) is 14.9. The first-order chi connectivity index (χ1) is 13.9. The Bertz CT molecular complexity index is 1590. The summed E-state index contributed by atoms with van der Waals surface area (Å²) in [6.45, 7) is 0. The number of nitrogens with zero attached hydrogens (tertiary/aromatic N) is 4. The average Bonchev–Trinajstić information content (AvgIpc) is 3.30. The molecule has 4 heterocycles. The normalized spacial score (nSPS) is 12.9. The summed E-state index contributed by atoms with van der Waals surface area (Å²) in [5.74, 6) is 0. The van der Waals surface area contributed by atoms with Crippen LogP contribution in [0.3, 0.4) is 0 Å². The molecule has 0 saturated carbocycles. The number of benzene rings is 2. The van der Waals surface area contributed by atoms with Gasteiger partial charge in [0.2, 0.25) is 0 Å². The van der Waals surface area contributed by atoms with Crippen LogP contribution in [0.15, 0.2) is 73.2 Å². The van der Waals surface area contributed by atoms with Gasteiger partial charge in [-0.05, 0) is 59.0 Å². The van der Waals surface area contributed by atoms with Gasteiger partial charge in [0.05, 0.1) is 11.0 Å². The van der Waals surface area contributed by atoms with Crippen molar-refractivity contribution in [2.75, 3.05) is 0 Å². The molecule has 0 unspecified atom stereocenters. The summed E-state index contributed by atoms with van der Waals surface area (Å²) in [6.07, 6.45) is 6.56. The zero-order chi connectivity index (χ0) is 18.2. The number of fused-ring (bicyclic) bond motifs is 11. The van der Waals surface area contributed by atoms with Gasteiger partial charge < -0.3 is 0 Å². The fourth-order valence-corrected chi connectivity index (χ4v) is 4.69. The molecule has 1 aliphatic rings. The first-order valence-electron chi connectivity index (χ1n) is 9.42. The fraction of sp³-hybridized carbons (Fsp3) is 0.0417. The van der Waals surface area contributed by atoms with Gasteiger partial charge >= 0.3 is 0 Å². The Morgan fingerprint density at radius 3 is 2.68 bits per heavy atom. The van der Waals surface area contributed by atoms with Crippen LogP contribution in [0.4, 0.5) is 0 Å². The maximum atomic E-state index is 5.03. The summed E-state index contributed by atoms with van der Waals surface area (Å²) >= 11 is 0. The Balaban J connectivity index is 1.72. The molecule has 1 aliphatic carbocycles. The number of rotatable bonds is 0. The summed E-state index contributed by atoms with van der Waals surface area (Å²) in [5, 5.41) is 3.29. The van der Waals surface area contributed by atoms with E-state index >= 15 is 0 Å². The van der Waals surface area contributed by atoms with Gasteiger partial charge in [-0.15, -0.1) is 0 Å². The molecule has 0 atom stereocenters. The van der Waals surface area contributed by atoms with Crippen molar-refractivity contribution in [3.63, 3.8) is 0 Å².